The lowest BCUT2D eigenvalue weighted by Gasteiger charge is -2.21. The monoisotopic (exact) mass is 525 g/mol. The number of benzene rings is 1. The molecule has 3 aromatic rings. The van der Waals surface area contributed by atoms with Gasteiger partial charge in [-0.15, -0.1) is 0 Å². The fourth-order valence-electron chi connectivity index (χ4n) is 4.09. The molecule has 0 aliphatic heterocycles. The van der Waals surface area contributed by atoms with E-state index in [2.05, 4.69) is 4.98 Å². The highest BCUT2D eigenvalue weighted by molar-refractivity contribution is 7.89. The van der Waals surface area contributed by atoms with Gasteiger partial charge in [-0.05, 0) is 43.4 Å². The van der Waals surface area contributed by atoms with Crippen LogP contribution in [0.4, 0.5) is 0 Å². The molecule has 2 N–H and O–H groups in total. The predicted molar refractivity (Wildman–Crippen MR) is 130 cm³/mol. The number of aliphatic hydroxyl groups excluding tert-OH is 2. The number of aliphatic hydroxyl groups is 2. The first-order valence-electron chi connectivity index (χ1n) is 11.4. The van der Waals surface area contributed by atoms with Crippen LogP contribution >= 0.6 is 11.6 Å². The van der Waals surface area contributed by atoms with Gasteiger partial charge >= 0.3 is 5.69 Å². The first-order valence-corrected chi connectivity index (χ1v) is 13.2. The summed E-state index contributed by atoms with van der Waals surface area (Å²) in [5, 5.41) is 18.7. The molecule has 0 radical (unpaired) electrons. The molecular weight excluding hydrogens is 498 g/mol. The Bertz CT molecular complexity index is 1440. The lowest BCUT2D eigenvalue weighted by molar-refractivity contribution is 0.267. The second-order valence-corrected chi connectivity index (χ2v) is 10.8. The van der Waals surface area contributed by atoms with Crippen molar-refractivity contribution >= 4 is 32.8 Å². The molecule has 1 fully saturated rings. The van der Waals surface area contributed by atoms with Crippen LogP contribution < -0.4 is 11.2 Å². The Morgan fingerprint density at radius 2 is 1.74 bits per heavy atom. The summed E-state index contributed by atoms with van der Waals surface area (Å²) in [6, 6.07) is 6.58. The average Bonchev–Trinajstić information content (AvgIpc) is 3.59. The second kappa shape index (κ2) is 10.2. The van der Waals surface area contributed by atoms with Gasteiger partial charge in [0.05, 0.1) is 6.54 Å². The summed E-state index contributed by atoms with van der Waals surface area (Å²) in [6.07, 6.45) is 1.86. The Morgan fingerprint density at radius 1 is 1.09 bits per heavy atom. The standard InChI is InChI=1S/C22H28ClN5O6S/c1-25-19-18(20(31)26(22(25)32)10-2-12-29)27(14-15-4-6-16(23)7-5-15)21(24-19)35(33,34)28(11-3-13-30)17-8-9-17/h4-7,17,29-30H,2-3,8-14H2,1H3. The van der Waals surface area contributed by atoms with E-state index in [0.717, 1.165) is 9.13 Å². The van der Waals surface area contributed by atoms with Gasteiger partial charge in [-0.3, -0.25) is 13.9 Å². The molecule has 0 unspecified atom stereocenters. The lowest BCUT2D eigenvalue weighted by Crippen LogP contribution is -2.40. The number of sulfonamides is 1. The first-order chi connectivity index (χ1) is 16.7. The number of imidazole rings is 1. The second-order valence-electron chi connectivity index (χ2n) is 8.58. The summed E-state index contributed by atoms with van der Waals surface area (Å²) in [5.41, 5.74) is -0.682. The molecule has 0 spiro atoms. The SMILES string of the molecule is Cn1c(=O)n(CCCO)c(=O)c2c1nc(S(=O)(=O)N(CCCO)C1CC1)n2Cc1ccc(Cl)cc1. The molecule has 0 amide bonds. The minimum Gasteiger partial charge on any atom is -0.396 e. The number of aromatic nitrogens is 4. The van der Waals surface area contributed by atoms with E-state index >= 15 is 0 Å². The molecule has 0 bridgehead atoms. The van der Waals surface area contributed by atoms with Crippen LogP contribution in [0.25, 0.3) is 11.2 Å². The summed E-state index contributed by atoms with van der Waals surface area (Å²) < 4.78 is 32.5. The van der Waals surface area contributed by atoms with Crippen molar-refractivity contribution in [3.63, 3.8) is 0 Å². The summed E-state index contributed by atoms with van der Waals surface area (Å²) in [5.74, 6) is 0. The quantitative estimate of drug-likeness (QED) is 0.372. The van der Waals surface area contributed by atoms with Crippen molar-refractivity contribution in [3.05, 3.63) is 55.7 Å². The van der Waals surface area contributed by atoms with E-state index in [1.807, 2.05) is 0 Å². The fraction of sp³-hybridized carbons (Fsp3) is 0.500. The van der Waals surface area contributed by atoms with Crippen molar-refractivity contribution in [1.82, 2.24) is 23.0 Å². The van der Waals surface area contributed by atoms with E-state index in [0.29, 0.717) is 23.4 Å². The molecular formula is C22H28ClN5O6S. The van der Waals surface area contributed by atoms with Crippen LogP contribution in [0.3, 0.4) is 0 Å². The Labute approximate surface area is 206 Å². The molecule has 190 valence electrons. The highest BCUT2D eigenvalue weighted by Gasteiger charge is 2.41. The van der Waals surface area contributed by atoms with Gasteiger partial charge in [0.25, 0.3) is 15.6 Å². The predicted octanol–water partition coefficient (Wildman–Crippen LogP) is 0.516. The van der Waals surface area contributed by atoms with Crippen LogP contribution in [0, 0.1) is 0 Å². The van der Waals surface area contributed by atoms with Crippen molar-refractivity contribution in [2.75, 3.05) is 19.8 Å². The zero-order valence-electron chi connectivity index (χ0n) is 19.3. The van der Waals surface area contributed by atoms with Gasteiger partial charge < -0.3 is 14.8 Å². The van der Waals surface area contributed by atoms with Crippen LogP contribution in [-0.2, 0) is 30.2 Å². The highest BCUT2D eigenvalue weighted by atomic mass is 35.5. The van der Waals surface area contributed by atoms with E-state index in [1.54, 1.807) is 24.3 Å². The number of hydrogen-bond acceptors (Lipinski definition) is 7. The van der Waals surface area contributed by atoms with Crippen LogP contribution in [0.2, 0.25) is 5.02 Å². The Morgan fingerprint density at radius 3 is 2.34 bits per heavy atom. The number of nitrogens with zero attached hydrogens (tertiary/aromatic N) is 5. The third-order valence-corrected chi connectivity index (χ3v) is 8.14. The van der Waals surface area contributed by atoms with Gasteiger partial charge in [0.2, 0.25) is 5.16 Å². The largest absolute Gasteiger partial charge is 0.396 e. The summed E-state index contributed by atoms with van der Waals surface area (Å²) in [6.45, 7) is -0.263. The summed E-state index contributed by atoms with van der Waals surface area (Å²) in [4.78, 5) is 30.6. The number of rotatable bonds is 11. The van der Waals surface area contributed by atoms with Gasteiger partial charge in [0, 0.05) is 44.4 Å². The minimum atomic E-state index is -4.16. The van der Waals surface area contributed by atoms with Crippen LogP contribution in [0.15, 0.2) is 39.0 Å². The van der Waals surface area contributed by atoms with E-state index in [4.69, 9.17) is 11.6 Å². The van der Waals surface area contributed by atoms with Crippen LogP contribution in [0.5, 0.6) is 0 Å². The fourth-order valence-corrected chi connectivity index (χ4v) is 6.03. The Kier molecular flexibility index (Phi) is 7.48. The zero-order chi connectivity index (χ0) is 25.3. The minimum absolute atomic E-state index is 0.00812. The smallest absolute Gasteiger partial charge is 0.332 e. The Balaban J connectivity index is 1.98. The molecule has 1 aliphatic rings. The maximum Gasteiger partial charge on any atom is 0.332 e. The third kappa shape index (κ3) is 4.94. The average molecular weight is 526 g/mol. The first kappa shape index (κ1) is 25.6. The molecule has 1 aromatic carbocycles. The zero-order valence-corrected chi connectivity index (χ0v) is 20.9. The number of fused-ring (bicyclic) bond motifs is 1. The Hall–Kier alpha value is -2.51. The van der Waals surface area contributed by atoms with E-state index in [9.17, 15) is 28.2 Å². The van der Waals surface area contributed by atoms with Gasteiger partial charge in [-0.1, -0.05) is 23.7 Å². The van der Waals surface area contributed by atoms with Gasteiger partial charge in [0.1, 0.15) is 0 Å². The number of hydrogen-bond donors (Lipinski definition) is 2. The van der Waals surface area contributed by atoms with Crippen molar-refractivity contribution < 1.29 is 18.6 Å². The molecule has 35 heavy (non-hydrogen) atoms. The van der Waals surface area contributed by atoms with Crippen molar-refractivity contribution in [2.24, 2.45) is 7.05 Å². The van der Waals surface area contributed by atoms with Crippen molar-refractivity contribution in [3.8, 4) is 0 Å². The van der Waals surface area contributed by atoms with Gasteiger partial charge in [-0.25, -0.2) is 13.2 Å². The van der Waals surface area contributed by atoms with Gasteiger partial charge in [0.15, 0.2) is 11.2 Å². The highest BCUT2D eigenvalue weighted by Crippen LogP contribution is 2.33. The molecule has 4 rings (SSSR count). The van der Waals surface area contributed by atoms with E-state index < -0.39 is 21.3 Å². The number of halogens is 1. The third-order valence-electron chi connectivity index (χ3n) is 6.02. The van der Waals surface area contributed by atoms with Crippen molar-refractivity contribution in [2.45, 2.75) is 50.0 Å². The van der Waals surface area contributed by atoms with E-state index in [1.165, 1.54) is 15.9 Å². The molecule has 11 nitrogen and oxygen atoms in total. The van der Waals surface area contributed by atoms with Crippen molar-refractivity contribution in [1.29, 1.82) is 0 Å². The molecule has 2 heterocycles. The normalized spacial score (nSPS) is 14.3. The summed E-state index contributed by atoms with van der Waals surface area (Å²) >= 11 is 6.00. The van der Waals surface area contributed by atoms with Crippen LogP contribution in [0.1, 0.15) is 31.2 Å². The van der Waals surface area contributed by atoms with Crippen LogP contribution in [-0.4, -0.2) is 67.4 Å². The molecule has 0 saturated heterocycles. The van der Waals surface area contributed by atoms with E-state index in [-0.39, 0.29) is 68.1 Å². The number of aryl methyl sites for hydroxylation is 1. The molecule has 0 atom stereocenters. The molecule has 13 heteroatoms. The molecule has 1 saturated carbocycles. The maximum atomic E-state index is 13.8. The topological polar surface area (TPSA) is 140 Å². The lowest BCUT2D eigenvalue weighted by atomic mass is 10.2. The summed E-state index contributed by atoms with van der Waals surface area (Å²) in [7, 11) is -2.73. The van der Waals surface area contributed by atoms with Gasteiger partial charge in [-0.2, -0.15) is 9.29 Å². The maximum absolute atomic E-state index is 13.8. The molecule has 2 aromatic heterocycles. The molecule has 1 aliphatic carbocycles.